The fourth-order valence-electron chi connectivity index (χ4n) is 2.21. The minimum absolute atomic E-state index is 0.563. The minimum atomic E-state index is 0.563. The molecule has 3 heteroatoms. The average Bonchev–Trinajstić information content (AvgIpc) is 2.63. The molecule has 15 heavy (non-hydrogen) atoms. The van der Waals surface area contributed by atoms with Gasteiger partial charge in [0.2, 0.25) is 0 Å². The van der Waals surface area contributed by atoms with Crippen LogP contribution in [0.5, 0.6) is 0 Å². The average molecular weight is 225 g/mol. The van der Waals surface area contributed by atoms with Crippen LogP contribution >= 0.6 is 11.6 Å². The van der Waals surface area contributed by atoms with Gasteiger partial charge < -0.3 is 5.32 Å². The number of nitrogens with zero attached hydrogens (tertiary/aromatic N) is 1. The number of pyridine rings is 1. The summed E-state index contributed by atoms with van der Waals surface area (Å²) in [6.45, 7) is 3.23. The molecule has 0 aromatic carbocycles. The smallest absolute Gasteiger partial charge is 0.129 e. The van der Waals surface area contributed by atoms with E-state index in [0.717, 1.165) is 12.5 Å². The predicted octanol–water partition coefficient (Wildman–Crippen LogP) is 3.01. The molecule has 0 saturated heterocycles. The summed E-state index contributed by atoms with van der Waals surface area (Å²) in [6.07, 6.45) is 5.87. The van der Waals surface area contributed by atoms with E-state index in [0.29, 0.717) is 11.2 Å². The Bertz CT molecular complexity index is 310. The van der Waals surface area contributed by atoms with Gasteiger partial charge in [0.05, 0.1) is 0 Å². The lowest BCUT2D eigenvalue weighted by Gasteiger charge is -2.17. The van der Waals surface area contributed by atoms with Crippen molar-refractivity contribution in [2.24, 2.45) is 5.92 Å². The highest BCUT2D eigenvalue weighted by molar-refractivity contribution is 6.29. The topological polar surface area (TPSA) is 24.9 Å². The van der Waals surface area contributed by atoms with Gasteiger partial charge in [-0.2, -0.15) is 0 Å². The lowest BCUT2D eigenvalue weighted by Crippen LogP contribution is -2.30. The van der Waals surface area contributed by atoms with Crippen LogP contribution in [0.1, 0.15) is 31.7 Å². The van der Waals surface area contributed by atoms with Crippen LogP contribution in [-0.4, -0.2) is 11.0 Å². The summed E-state index contributed by atoms with van der Waals surface area (Å²) in [5.74, 6) is 0.810. The van der Waals surface area contributed by atoms with E-state index in [9.17, 15) is 0 Å². The molecule has 1 saturated carbocycles. The Labute approximate surface area is 96.1 Å². The van der Waals surface area contributed by atoms with Gasteiger partial charge in [0.1, 0.15) is 5.15 Å². The van der Waals surface area contributed by atoms with Crippen LogP contribution in [-0.2, 0) is 6.54 Å². The third kappa shape index (κ3) is 2.93. The summed E-state index contributed by atoms with van der Waals surface area (Å²) in [7, 11) is 0. The molecule has 1 aromatic rings. The van der Waals surface area contributed by atoms with Gasteiger partial charge in [0, 0.05) is 18.8 Å². The first-order valence-electron chi connectivity index (χ1n) is 5.59. The second-order valence-corrected chi connectivity index (χ2v) is 4.77. The minimum Gasteiger partial charge on any atom is -0.310 e. The summed E-state index contributed by atoms with van der Waals surface area (Å²) in [5.41, 5.74) is 1.21. The summed E-state index contributed by atoms with van der Waals surface area (Å²) < 4.78 is 0. The van der Waals surface area contributed by atoms with Gasteiger partial charge >= 0.3 is 0 Å². The molecule has 0 amide bonds. The quantitative estimate of drug-likeness (QED) is 0.799. The van der Waals surface area contributed by atoms with E-state index in [4.69, 9.17) is 11.6 Å². The second kappa shape index (κ2) is 4.95. The maximum Gasteiger partial charge on any atom is 0.129 e. The van der Waals surface area contributed by atoms with Crippen LogP contribution in [0.3, 0.4) is 0 Å². The lowest BCUT2D eigenvalue weighted by molar-refractivity contribution is 0.426. The van der Waals surface area contributed by atoms with Crippen LogP contribution in [0.2, 0.25) is 5.15 Å². The highest BCUT2D eigenvalue weighted by Gasteiger charge is 2.22. The normalized spacial score (nSPS) is 25.7. The molecule has 1 fully saturated rings. The van der Waals surface area contributed by atoms with E-state index < -0.39 is 0 Å². The zero-order valence-electron chi connectivity index (χ0n) is 9.04. The van der Waals surface area contributed by atoms with Gasteiger partial charge in [-0.3, -0.25) is 0 Å². The molecule has 2 unspecified atom stereocenters. The molecule has 0 bridgehead atoms. The van der Waals surface area contributed by atoms with Crippen LogP contribution in [0.15, 0.2) is 18.3 Å². The zero-order valence-corrected chi connectivity index (χ0v) is 9.80. The van der Waals surface area contributed by atoms with E-state index in [1.54, 1.807) is 0 Å². The van der Waals surface area contributed by atoms with Gasteiger partial charge in [-0.15, -0.1) is 0 Å². The first-order chi connectivity index (χ1) is 7.25. The van der Waals surface area contributed by atoms with Crippen molar-refractivity contribution in [1.29, 1.82) is 0 Å². The molecule has 1 heterocycles. The SMILES string of the molecule is CC1CCCC1NCc1ccc(Cl)nc1. The molecular weight excluding hydrogens is 208 g/mol. The molecule has 2 rings (SSSR count). The largest absolute Gasteiger partial charge is 0.310 e. The van der Waals surface area contributed by atoms with Crippen molar-refractivity contribution in [3.8, 4) is 0 Å². The van der Waals surface area contributed by atoms with Crippen molar-refractivity contribution in [1.82, 2.24) is 10.3 Å². The first-order valence-corrected chi connectivity index (χ1v) is 5.97. The van der Waals surface area contributed by atoms with Gasteiger partial charge in [-0.25, -0.2) is 4.98 Å². The summed E-state index contributed by atoms with van der Waals surface area (Å²) in [4.78, 5) is 4.07. The molecule has 2 nitrogen and oxygen atoms in total. The Morgan fingerprint density at radius 1 is 1.47 bits per heavy atom. The van der Waals surface area contributed by atoms with E-state index in [1.807, 2.05) is 18.3 Å². The number of hydrogen-bond acceptors (Lipinski definition) is 2. The maximum absolute atomic E-state index is 5.73. The van der Waals surface area contributed by atoms with Crippen LogP contribution in [0.4, 0.5) is 0 Å². The Morgan fingerprint density at radius 3 is 2.93 bits per heavy atom. The van der Waals surface area contributed by atoms with E-state index in [2.05, 4.69) is 17.2 Å². The summed E-state index contributed by atoms with van der Waals surface area (Å²) in [5, 5.41) is 4.15. The van der Waals surface area contributed by atoms with Gasteiger partial charge in [-0.05, 0) is 30.4 Å². The Hall–Kier alpha value is -0.600. The van der Waals surface area contributed by atoms with Crippen molar-refractivity contribution in [2.75, 3.05) is 0 Å². The molecule has 1 aromatic heterocycles. The highest BCUT2D eigenvalue weighted by atomic mass is 35.5. The summed E-state index contributed by atoms with van der Waals surface area (Å²) >= 11 is 5.73. The van der Waals surface area contributed by atoms with Gasteiger partial charge in [-0.1, -0.05) is 31.0 Å². The van der Waals surface area contributed by atoms with Crippen LogP contribution < -0.4 is 5.32 Å². The molecular formula is C12H17ClN2. The standard InChI is InChI=1S/C12H17ClN2/c1-9-3-2-4-11(9)14-7-10-5-6-12(13)15-8-10/h5-6,8-9,11,14H,2-4,7H2,1H3. The van der Waals surface area contributed by atoms with Crippen molar-refractivity contribution in [2.45, 2.75) is 38.8 Å². The molecule has 1 aliphatic rings. The Morgan fingerprint density at radius 2 is 2.33 bits per heavy atom. The molecule has 0 spiro atoms. The Balaban J connectivity index is 1.85. The number of hydrogen-bond donors (Lipinski definition) is 1. The molecule has 82 valence electrons. The van der Waals surface area contributed by atoms with Crippen molar-refractivity contribution < 1.29 is 0 Å². The van der Waals surface area contributed by atoms with Gasteiger partial charge in [0.25, 0.3) is 0 Å². The molecule has 0 aliphatic heterocycles. The molecule has 2 atom stereocenters. The van der Waals surface area contributed by atoms with Crippen molar-refractivity contribution >= 4 is 11.6 Å². The van der Waals surface area contributed by atoms with E-state index in [-0.39, 0.29) is 0 Å². The van der Waals surface area contributed by atoms with E-state index in [1.165, 1.54) is 24.8 Å². The Kier molecular flexibility index (Phi) is 3.60. The maximum atomic E-state index is 5.73. The molecule has 1 N–H and O–H groups in total. The molecule has 0 radical (unpaired) electrons. The van der Waals surface area contributed by atoms with Gasteiger partial charge in [0.15, 0.2) is 0 Å². The third-order valence-electron chi connectivity index (χ3n) is 3.22. The second-order valence-electron chi connectivity index (χ2n) is 4.38. The highest BCUT2D eigenvalue weighted by Crippen LogP contribution is 2.24. The first kappa shape index (κ1) is 10.9. The third-order valence-corrected chi connectivity index (χ3v) is 3.44. The predicted molar refractivity (Wildman–Crippen MR) is 62.9 cm³/mol. The van der Waals surface area contributed by atoms with Crippen molar-refractivity contribution in [3.05, 3.63) is 29.0 Å². The van der Waals surface area contributed by atoms with Crippen molar-refractivity contribution in [3.63, 3.8) is 0 Å². The summed E-state index contributed by atoms with van der Waals surface area (Å²) in [6, 6.07) is 4.55. The number of aromatic nitrogens is 1. The number of halogens is 1. The lowest BCUT2D eigenvalue weighted by atomic mass is 10.1. The van der Waals surface area contributed by atoms with Crippen LogP contribution in [0.25, 0.3) is 0 Å². The van der Waals surface area contributed by atoms with Crippen LogP contribution in [0, 0.1) is 5.92 Å². The fraction of sp³-hybridized carbons (Fsp3) is 0.583. The number of nitrogens with one attached hydrogen (secondary N) is 1. The number of rotatable bonds is 3. The monoisotopic (exact) mass is 224 g/mol. The fourth-order valence-corrected chi connectivity index (χ4v) is 2.32. The zero-order chi connectivity index (χ0) is 10.7. The van der Waals surface area contributed by atoms with E-state index >= 15 is 0 Å². The molecule has 1 aliphatic carbocycles.